The van der Waals surface area contributed by atoms with Crippen LogP contribution in [0.5, 0.6) is 5.75 Å². The van der Waals surface area contributed by atoms with E-state index in [4.69, 9.17) is 4.74 Å². The highest BCUT2D eigenvalue weighted by molar-refractivity contribution is 5.35. The normalized spacial score (nSPS) is 11.5. The van der Waals surface area contributed by atoms with Crippen LogP contribution in [0.4, 0.5) is 4.39 Å². The molecule has 0 aliphatic carbocycles. The highest BCUT2D eigenvalue weighted by Gasteiger charge is 2.09. The van der Waals surface area contributed by atoms with Crippen molar-refractivity contribution in [2.24, 2.45) is 0 Å². The number of hydrogen-bond acceptors (Lipinski definition) is 2. The first-order chi connectivity index (χ1) is 7.65. The van der Waals surface area contributed by atoms with E-state index < -0.39 is 6.10 Å². The van der Waals surface area contributed by atoms with Gasteiger partial charge in [0.15, 0.2) is 0 Å². The van der Waals surface area contributed by atoms with E-state index in [0.29, 0.717) is 24.3 Å². The molecule has 2 nitrogen and oxygen atoms in total. The second-order valence-electron chi connectivity index (χ2n) is 3.38. The van der Waals surface area contributed by atoms with Crippen LogP contribution in [-0.4, -0.2) is 11.7 Å². The van der Waals surface area contributed by atoms with E-state index in [-0.39, 0.29) is 5.82 Å². The lowest BCUT2D eigenvalue weighted by atomic mass is 10.1. The Kier molecular flexibility index (Phi) is 4.81. The van der Waals surface area contributed by atoms with E-state index in [1.54, 1.807) is 13.8 Å². The van der Waals surface area contributed by atoms with Crippen LogP contribution in [0.2, 0.25) is 0 Å². The molecule has 0 aliphatic rings. The van der Waals surface area contributed by atoms with Crippen molar-refractivity contribution in [3.8, 4) is 17.6 Å². The van der Waals surface area contributed by atoms with Gasteiger partial charge in [-0.05, 0) is 26.0 Å². The number of rotatable bonds is 4. The van der Waals surface area contributed by atoms with Crippen molar-refractivity contribution >= 4 is 0 Å². The van der Waals surface area contributed by atoms with Gasteiger partial charge in [0.2, 0.25) is 0 Å². The fourth-order valence-corrected chi connectivity index (χ4v) is 1.32. The lowest BCUT2D eigenvalue weighted by molar-refractivity contribution is 0.191. The van der Waals surface area contributed by atoms with Gasteiger partial charge in [0, 0.05) is 18.1 Å². The van der Waals surface area contributed by atoms with Crippen molar-refractivity contribution in [2.45, 2.75) is 26.4 Å². The van der Waals surface area contributed by atoms with Crippen LogP contribution >= 0.6 is 0 Å². The molecule has 0 heterocycles. The lowest BCUT2D eigenvalue weighted by Gasteiger charge is -2.12. The lowest BCUT2D eigenvalue weighted by Crippen LogP contribution is -2.02. The van der Waals surface area contributed by atoms with Crippen molar-refractivity contribution in [1.29, 1.82) is 0 Å². The van der Waals surface area contributed by atoms with Gasteiger partial charge in [-0.15, -0.1) is 11.8 Å². The molecule has 0 aromatic heterocycles. The Morgan fingerprint density at radius 3 is 2.88 bits per heavy atom. The van der Waals surface area contributed by atoms with Gasteiger partial charge in [0.05, 0.1) is 12.7 Å². The second kappa shape index (κ2) is 6.14. The van der Waals surface area contributed by atoms with E-state index >= 15 is 0 Å². The summed E-state index contributed by atoms with van der Waals surface area (Å²) in [5, 5.41) is 9.47. The van der Waals surface area contributed by atoms with Crippen LogP contribution in [0.3, 0.4) is 0 Å². The number of aliphatic hydroxyl groups is 1. The van der Waals surface area contributed by atoms with Gasteiger partial charge in [-0.1, -0.05) is 0 Å². The summed E-state index contributed by atoms with van der Waals surface area (Å²) in [6.45, 7) is 3.76. The Balaban J connectivity index is 2.74. The predicted molar refractivity (Wildman–Crippen MR) is 60.6 cm³/mol. The highest BCUT2D eigenvalue weighted by atomic mass is 19.1. The van der Waals surface area contributed by atoms with Gasteiger partial charge in [0.25, 0.3) is 0 Å². The topological polar surface area (TPSA) is 29.5 Å². The molecule has 0 spiro atoms. The monoisotopic (exact) mass is 222 g/mol. The molecule has 0 saturated heterocycles. The average Bonchev–Trinajstić information content (AvgIpc) is 2.24. The van der Waals surface area contributed by atoms with Crippen molar-refractivity contribution < 1.29 is 14.2 Å². The molecular weight excluding hydrogens is 207 g/mol. The molecule has 0 radical (unpaired) electrons. The third kappa shape index (κ3) is 3.56. The van der Waals surface area contributed by atoms with Crippen molar-refractivity contribution in [3.05, 3.63) is 29.6 Å². The van der Waals surface area contributed by atoms with Crippen LogP contribution in [0.15, 0.2) is 18.2 Å². The summed E-state index contributed by atoms with van der Waals surface area (Å²) in [5.41, 5.74) is 0.589. The SMILES string of the molecule is CC#CCCOc1cc(F)ccc1[C@H](C)O. The summed E-state index contributed by atoms with van der Waals surface area (Å²) >= 11 is 0. The maximum atomic E-state index is 13.0. The van der Waals surface area contributed by atoms with Gasteiger partial charge >= 0.3 is 0 Å². The van der Waals surface area contributed by atoms with Gasteiger partial charge in [0.1, 0.15) is 11.6 Å². The minimum absolute atomic E-state index is 0.374. The van der Waals surface area contributed by atoms with Gasteiger partial charge < -0.3 is 9.84 Å². The molecule has 0 fully saturated rings. The minimum atomic E-state index is -0.673. The first-order valence-electron chi connectivity index (χ1n) is 5.15. The largest absolute Gasteiger partial charge is 0.492 e. The van der Waals surface area contributed by atoms with Crippen LogP contribution in [0.25, 0.3) is 0 Å². The smallest absolute Gasteiger partial charge is 0.128 e. The molecule has 0 bridgehead atoms. The zero-order chi connectivity index (χ0) is 12.0. The Labute approximate surface area is 95.1 Å². The summed E-state index contributed by atoms with van der Waals surface area (Å²) in [7, 11) is 0. The maximum Gasteiger partial charge on any atom is 0.128 e. The van der Waals surface area contributed by atoms with E-state index in [0.717, 1.165) is 0 Å². The third-order valence-electron chi connectivity index (χ3n) is 2.09. The molecule has 0 aliphatic heterocycles. The Morgan fingerprint density at radius 1 is 1.50 bits per heavy atom. The molecule has 1 aromatic rings. The van der Waals surface area contributed by atoms with Crippen molar-refractivity contribution in [1.82, 2.24) is 0 Å². The summed E-state index contributed by atoms with van der Waals surface area (Å²) in [5.74, 6) is 5.61. The van der Waals surface area contributed by atoms with Crippen LogP contribution < -0.4 is 4.74 Å². The van der Waals surface area contributed by atoms with E-state index in [2.05, 4.69) is 11.8 Å². The maximum absolute atomic E-state index is 13.0. The van der Waals surface area contributed by atoms with Crippen LogP contribution in [0, 0.1) is 17.7 Å². The molecule has 1 aromatic carbocycles. The van der Waals surface area contributed by atoms with E-state index in [1.165, 1.54) is 18.2 Å². The van der Waals surface area contributed by atoms with Gasteiger partial charge in [-0.3, -0.25) is 0 Å². The fourth-order valence-electron chi connectivity index (χ4n) is 1.32. The summed E-state index contributed by atoms with van der Waals surface area (Å²) in [6.07, 6.45) is -0.0837. The number of halogens is 1. The average molecular weight is 222 g/mol. The van der Waals surface area contributed by atoms with E-state index in [9.17, 15) is 9.50 Å². The zero-order valence-corrected chi connectivity index (χ0v) is 9.46. The molecule has 86 valence electrons. The predicted octanol–water partition coefficient (Wildman–Crippen LogP) is 2.67. The Bertz CT molecular complexity index is 402. The molecule has 16 heavy (non-hydrogen) atoms. The zero-order valence-electron chi connectivity index (χ0n) is 9.46. The summed E-state index contributed by atoms with van der Waals surface area (Å²) in [4.78, 5) is 0. The molecular formula is C13H15FO2. The number of hydrogen-bond donors (Lipinski definition) is 1. The summed E-state index contributed by atoms with van der Waals surface area (Å²) < 4.78 is 18.4. The number of ether oxygens (including phenoxy) is 1. The first-order valence-corrected chi connectivity index (χ1v) is 5.15. The van der Waals surface area contributed by atoms with Crippen LogP contribution in [0.1, 0.15) is 31.9 Å². The molecule has 0 unspecified atom stereocenters. The van der Waals surface area contributed by atoms with Crippen molar-refractivity contribution in [3.63, 3.8) is 0 Å². The highest BCUT2D eigenvalue weighted by Crippen LogP contribution is 2.25. The third-order valence-corrected chi connectivity index (χ3v) is 2.09. The Hall–Kier alpha value is -1.53. The molecule has 1 atom stereocenters. The molecule has 1 N–H and O–H groups in total. The number of aliphatic hydroxyl groups excluding tert-OH is 1. The van der Waals surface area contributed by atoms with Crippen LogP contribution in [-0.2, 0) is 0 Å². The first kappa shape index (κ1) is 12.5. The van der Waals surface area contributed by atoms with Gasteiger partial charge in [-0.2, -0.15) is 0 Å². The van der Waals surface area contributed by atoms with Crippen molar-refractivity contribution in [2.75, 3.05) is 6.61 Å². The molecule has 1 rings (SSSR count). The number of benzene rings is 1. The van der Waals surface area contributed by atoms with Gasteiger partial charge in [-0.25, -0.2) is 4.39 Å². The standard InChI is InChI=1S/C13H15FO2/c1-3-4-5-8-16-13-9-11(14)6-7-12(13)10(2)15/h6-7,9-10,15H,5,8H2,1-2H3/t10-/m0/s1. The summed E-state index contributed by atoms with van der Waals surface area (Å²) in [6, 6.07) is 4.11. The minimum Gasteiger partial charge on any atom is -0.492 e. The second-order valence-corrected chi connectivity index (χ2v) is 3.38. The quantitative estimate of drug-likeness (QED) is 0.627. The molecule has 0 saturated carbocycles. The fraction of sp³-hybridized carbons (Fsp3) is 0.385. The molecule has 3 heteroatoms. The molecule has 0 amide bonds. The van der Waals surface area contributed by atoms with E-state index in [1.807, 2.05) is 0 Å². The Morgan fingerprint density at radius 2 is 2.25 bits per heavy atom.